The van der Waals surface area contributed by atoms with Gasteiger partial charge in [0, 0.05) is 0 Å². The Kier molecular flexibility index (Phi) is 5.34. The van der Waals surface area contributed by atoms with Crippen molar-refractivity contribution >= 4 is 46.4 Å². The van der Waals surface area contributed by atoms with Gasteiger partial charge in [0.25, 0.3) is 0 Å². The summed E-state index contributed by atoms with van der Waals surface area (Å²) in [5, 5.41) is 0. The maximum atomic E-state index is 11.4. The zero-order valence-corrected chi connectivity index (χ0v) is 7.81. The summed E-state index contributed by atoms with van der Waals surface area (Å²) in [5.41, 5.74) is -1.10. The lowest BCUT2D eigenvalue weighted by Gasteiger charge is -2.17. The fourth-order valence-electron chi connectivity index (χ4n) is 0.243. The average Bonchev–Trinajstić information content (AvgIpc) is 1.80. The lowest BCUT2D eigenvalue weighted by molar-refractivity contribution is 0.0967. The van der Waals surface area contributed by atoms with Crippen molar-refractivity contribution in [2.75, 3.05) is 13.3 Å². The van der Waals surface area contributed by atoms with Crippen LogP contribution in [-0.2, 0) is 4.74 Å². The monoisotopic (exact) mass is 228 g/mol. The Balaban J connectivity index is 3.52. The molecular weight excluding hydrogens is 225 g/mol. The van der Waals surface area contributed by atoms with Gasteiger partial charge >= 0.3 is 0 Å². The van der Waals surface area contributed by atoms with E-state index in [2.05, 4.69) is 4.74 Å². The maximum absolute atomic E-state index is 11.4. The molecule has 0 spiro atoms. The minimum absolute atomic E-state index is 0.165. The topological polar surface area (TPSA) is 9.23 Å². The lowest BCUT2D eigenvalue weighted by Crippen LogP contribution is -2.23. The van der Waals surface area contributed by atoms with Crippen molar-refractivity contribution in [3.63, 3.8) is 0 Å². The van der Waals surface area contributed by atoms with E-state index in [9.17, 15) is 4.39 Å². The number of ether oxygens (including phenoxy) is 1. The van der Waals surface area contributed by atoms with Crippen LogP contribution in [0.3, 0.4) is 0 Å². The number of hydrogen-bond donors (Lipinski definition) is 0. The van der Waals surface area contributed by atoms with Crippen molar-refractivity contribution in [1.82, 2.24) is 0 Å². The largest absolute Gasteiger partial charge is 0.355 e. The first-order valence-electron chi connectivity index (χ1n) is 2.37. The summed E-state index contributed by atoms with van der Waals surface area (Å²) in [6.45, 7) is -0.813. The SMILES string of the molecule is FCCOC(Cl)C(Cl)(Cl)Cl. The van der Waals surface area contributed by atoms with Gasteiger partial charge in [-0.15, -0.1) is 0 Å². The van der Waals surface area contributed by atoms with Gasteiger partial charge in [0.2, 0.25) is 3.79 Å². The predicted molar refractivity (Wildman–Crippen MR) is 41.9 cm³/mol. The molecule has 0 amide bonds. The van der Waals surface area contributed by atoms with Crippen LogP contribution in [0.4, 0.5) is 4.39 Å². The highest BCUT2D eigenvalue weighted by Gasteiger charge is 2.31. The van der Waals surface area contributed by atoms with Gasteiger partial charge in [0.1, 0.15) is 6.67 Å². The maximum Gasteiger partial charge on any atom is 0.230 e. The molecule has 1 nitrogen and oxygen atoms in total. The standard InChI is InChI=1S/C4H5Cl4FO/c5-3(4(6,7)8)10-2-1-9/h3H,1-2H2. The van der Waals surface area contributed by atoms with Crippen molar-refractivity contribution in [1.29, 1.82) is 0 Å². The summed E-state index contributed by atoms with van der Waals surface area (Å²) in [6, 6.07) is 0. The summed E-state index contributed by atoms with van der Waals surface area (Å²) in [6.07, 6.45) is 0. The van der Waals surface area contributed by atoms with E-state index >= 15 is 0 Å². The molecule has 0 fully saturated rings. The van der Waals surface area contributed by atoms with Gasteiger partial charge < -0.3 is 4.74 Å². The summed E-state index contributed by atoms with van der Waals surface area (Å²) in [7, 11) is 0. The molecule has 0 saturated carbocycles. The Morgan fingerprint density at radius 3 is 2.20 bits per heavy atom. The van der Waals surface area contributed by atoms with Crippen LogP contribution in [0.5, 0.6) is 0 Å². The number of hydrogen-bond acceptors (Lipinski definition) is 1. The van der Waals surface area contributed by atoms with E-state index < -0.39 is 16.0 Å². The van der Waals surface area contributed by atoms with E-state index in [0.29, 0.717) is 0 Å². The Morgan fingerprint density at radius 1 is 1.40 bits per heavy atom. The minimum atomic E-state index is -1.70. The molecule has 1 unspecified atom stereocenters. The zero-order chi connectivity index (χ0) is 8.20. The van der Waals surface area contributed by atoms with E-state index in [4.69, 9.17) is 46.4 Å². The van der Waals surface area contributed by atoms with Crippen LogP contribution in [0.25, 0.3) is 0 Å². The Bertz CT molecular complexity index is 93.7. The molecule has 0 aliphatic rings. The minimum Gasteiger partial charge on any atom is -0.355 e. The predicted octanol–water partition coefficient (Wildman–Crippen LogP) is 2.91. The fraction of sp³-hybridized carbons (Fsp3) is 1.00. The zero-order valence-electron chi connectivity index (χ0n) is 4.79. The van der Waals surface area contributed by atoms with Crippen LogP contribution in [0.2, 0.25) is 0 Å². The first-order chi connectivity index (χ1) is 4.48. The van der Waals surface area contributed by atoms with Crippen LogP contribution < -0.4 is 0 Å². The van der Waals surface area contributed by atoms with Gasteiger partial charge in [0.15, 0.2) is 5.56 Å². The van der Waals surface area contributed by atoms with Gasteiger partial charge in [-0.25, -0.2) is 4.39 Å². The third-order valence-corrected chi connectivity index (χ3v) is 1.98. The number of alkyl halides is 5. The molecule has 0 saturated heterocycles. The molecule has 0 N–H and O–H groups in total. The molecule has 0 bridgehead atoms. The van der Waals surface area contributed by atoms with E-state index in [0.717, 1.165) is 0 Å². The molecular formula is C4H5Cl4FO. The van der Waals surface area contributed by atoms with Crippen LogP contribution in [0.1, 0.15) is 0 Å². The molecule has 0 aromatic rings. The van der Waals surface area contributed by atoms with Crippen molar-refractivity contribution < 1.29 is 9.13 Å². The van der Waals surface area contributed by atoms with E-state index in [-0.39, 0.29) is 6.61 Å². The quantitative estimate of drug-likeness (QED) is 0.677. The molecule has 0 aliphatic carbocycles. The molecule has 0 aliphatic heterocycles. The number of halogens is 5. The van der Waals surface area contributed by atoms with Crippen LogP contribution >= 0.6 is 46.4 Å². The molecule has 0 radical (unpaired) electrons. The summed E-state index contributed by atoms with van der Waals surface area (Å²) >= 11 is 21.2. The fourth-order valence-corrected chi connectivity index (χ4v) is 0.521. The molecule has 62 valence electrons. The van der Waals surface area contributed by atoms with E-state index in [1.54, 1.807) is 0 Å². The van der Waals surface area contributed by atoms with Crippen LogP contribution in [-0.4, -0.2) is 22.6 Å². The van der Waals surface area contributed by atoms with Crippen molar-refractivity contribution in [2.24, 2.45) is 0 Å². The Hall–Kier alpha value is 1.05. The van der Waals surface area contributed by atoms with E-state index in [1.165, 1.54) is 0 Å². The number of rotatable bonds is 3. The highest BCUT2D eigenvalue weighted by molar-refractivity contribution is 6.70. The molecule has 10 heavy (non-hydrogen) atoms. The summed E-state index contributed by atoms with van der Waals surface area (Å²) in [4.78, 5) is 0. The molecule has 0 aromatic carbocycles. The normalized spacial score (nSPS) is 15.3. The molecule has 0 rings (SSSR count). The van der Waals surface area contributed by atoms with Gasteiger partial charge in [-0.3, -0.25) is 0 Å². The second-order valence-electron chi connectivity index (χ2n) is 1.42. The smallest absolute Gasteiger partial charge is 0.230 e. The van der Waals surface area contributed by atoms with Crippen LogP contribution in [0, 0.1) is 0 Å². The van der Waals surface area contributed by atoms with E-state index in [1.807, 2.05) is 0 Å². The Labute approximate surface area is 78.3 Å². The lowest BCUT2D eigenvalue weighted by atomic mass is 10.7. The first kappa shape index (κ1) is 11.1. The second-order valence-corrected chi connectivity index (χ2v) is 4.18. The summed E-state index contributed by atoms with van der Waals surface area (Å²) in [5.74, 6) is 0. The first-order valence-corrected chi connectivity index (χ1v) is 3.94. The third-order valence-electron chi connectivity index (χ3n) is 0.599. The highest BCUT2D eigenvalue weighted by atomic mass is 35.6. The van der Waals surface area contributed by atoms with Crippen molar-refractivity contribution in [3.8, 4) is 0 Å². The molecule has 1 atom stereocenters. The second kappa shape index (κ2) is 4.83. The average molecular weight is 230 g/mol. The Morgan fingerprint density at radius 2 is 1.90 bits per heavy atom. The highest BCUT2D eigenvalue weighted by Crippen LogP contribution is 2.34. The van der Waals surface area contributed by atoms with Crippen LogP contribution in [0.15, 0.2) is 0 Å². The molecule has 6 heteroatoms. The third kappa shape index (κ3) is 4.80. The van der Waals surface area contributed by atoms with Gasteiger partial charge in [-0.2, -0.15) is 0 Å². The molecule has 0 heterocycles. The van der Waals surface area contributed by atoms with Crippen molar-refractivity contribution in [2.45, 2.75) is 9.36 Å². The van der Waals surface area contributed by atoms with Gasteiger partial charge in [0.05, 0.1) is 6.61 Å². The molecule has 0 aromatic heterocycles. The van der Waals surface area contributed by atoms with Gasteiger partial charge in [-0.05, 0) is 0 Å². The summed E-state index contributed by atoms with van der Waals surface area (Å²) < 4.78 is 14.3. The van der Waals surface area contributed by atoms with Crippen molar-refractivity contribution in [3.05, 3.63) is 0 Å². The van der Waals surface area contributed by atoms with Gasteiger partial charge in [-0.1, -0.05) is 46.4 Å².